The molecule has 2 unspecified atom stereocenters. The quantitative estimate of drug-likeness (QED) is 0.381. The number of rotatable bonds is 0. The second-order valence-electron chi connectivity index (χ2n) is 0.866. The van der Waals surface area contributed by atoms with Crippen LogP contribution in [0.3, 0.4) is 0 Å². The third-order valence-corrected chi connectivity index (χ3v) is 0. The van der Waals surface area contributed by atoms with Crippen LogP contribution in [-0.2, 0) is 65.4 Å². The van der Waals surface area contributed by atoms with Gasteiger partial charge in [-0.3, -0.25) is 0 Å². The van der Waals surface area contributed by atoms with E-state index in [9.17, 15) is 0 Å². The van der Waals surface area contributed by atoms with Crippen LogP contribution in [0, 0.1) is 42.1 Å². The molecular weight excluding hydrogens is 432 g/mol. The van der Waals surface area contributed by atoms with Crippen LogP contribution in [-0.4, -0.2) is 15.3 Å². The second-order valence-corrected chi connectivity index (χ2v) is 0.866. The van der Waals surface area contributed by atoms with E-state index < -0.39 is 0 Å². The van der Waals surface area contributed by atoms with Crippen LogP contribution in [0.5, 0.6) is 0 Å². The second kappa shape index (κ2) is 306. The fourth-order valence-electron chi connectivity index (χ4n) is 0. The van der Waals surface area contributed by atoms with Gasteiger partial charge in [-0.05, 0) is 0 Å². The first-order chi connectivity index (χ1) is 7.24. The molecule has 0 saturated carbocycles. The summed E-state index contributed by atoms with van der Waals surface area (Å²) in [6.07, 6.45) is 4.50. The Balaban J connectivity index is -0.00000000620. The van der Waals surface area contributed by atoms with Gasteiger partial charge in [-0.2, -0.15) is 19.8 Å². The normalized spacial score (nSPS) is 2.84. The molecule has 0 aromatic rings. The molecule has 19 heavy (non-hydrogen) atoms. The Labute approximate surface area is 178 Å². The summed E-state index contributed by atoms with van der Waals surface area (Å²) < 4.78 is 0. The van der Waals surface area contributed by atoms with Crippen LogP contribution in [0.1, 0.15) is 0 Å². The van der Waals surface area contributed by atoms with Crippen molar-refractivity contribution in [3.63, 3.8) is 0 Å². The summed E-state index contributed by atoms with van der Waals surface area (Å²) in [5.74, 6) is 0. The van der Waals surface area contributed by atoms with Crippen molar-refractivity contribution in [2.24, 2.45) is 0 Å². The van der Waals surface area contributed by atoms with Crippen molar-refractivity contribution < 1.29 is 80.7 Å². The maximum Gasteiger partial charge on any atom is 3.00 e. The van der Waals surface area contributed by atoms with Gasteiger partial charge in [0.05, 0.1) is 0 Å². The molecule has 0 radical (unpaired) electrons. The molecule has 112 valence electrons. The SMILES string of the molecule is C=C[CH2-].C=C[CH2-].C=C[CH2-].P.P.[CH2-]O.[CH2-]O.[CH2-]O.[Y+3].[Y+3]. The zero-order valence-corrected chi connectivity index (χ0v) is 20.5. The van der Waals surface area contributed by atoms with E-state index >= 15 is 0 Å². The largest absolute Gasteiger partial charge is 3.00 e. The van der Waals surface area contributed by atoms with E-state index in [0.717, 1.165) is 0 Å². The van der Waals surface area contributed by atoms with E-state index in [4.69, 9.17) is 15.3 Å². The maximum absolute atomic E-state index is 6.75. The molecule has 7 heteroatoms. The summed E-state index contributed by atoms with van der Waals surface area (Å²) in [6.45, 7) is 19.5. The molecule has 0 bridgehead atoms. The average Bonchev–Trinajstić information content (AvgIpc) is 2.29. The van der Waals surface area contributed by atoms with Gasteiger partial charge in [0.1, 0.15) is 0 Å². The van der Waals surface area contributed by atoms with E-state index in [1.807, 2.05) is 0 Å². The first-order valence-electron chi connectivity index (χ1n) is 3.40. The molecule has 0 aliphatic heterocycles. The van der Waals surface area contributed by atoms with Gasteiger partial charge in [-0.1, -0.05) is 0 Å². The van der Waals surface area contributed by atoms with Crippen LogP contribution in [0.25, 0.3) is 0 Å². The predicted molar refractivity (Wildman–Crippen MR) is 90.8 cm³/mol. The van der Waals surface area contributed by atoms with Crippen LogP contribution in [0.2, 0.25) is 0 Å². The van der Waals surface area contributed by atoms with Gasteiger partial charge in [-0.15, -0.1) is 0 Å². The molecule has 2 atom stereocenters. The van der Waals surface area contributed by atoms with E-state index in [0.29, 0.717) is 0 Å². The van der Waals surface area contributed by atoms with Crippen molar-refractivity contribution in [2.75, 3.05) is 0 Å². The van der Waals surface area contributed by atoms with Gasteiger partial charge in [0.15, 0.2) is 0 Å². The van der Waals surface area contributed by atoms with Crippen molar-refractivity contribution in [3.05, 3.63) is 80.1 Å². The number of allylic oxidation sites excluding steroid dienone is 3. The number of aliphatic hydroxyl groups excluding tert-OH is 3. The van der Waals surface area contributed by atoms with Crippen LogP contribution < -0.4 is 0 Å². The Hall–Kier alpha value is 1.78. The van der Waals surface area contributed by atoms with Crippen molar-refractivity contribution >= 4 is 19.8 Å². The zero-order chi connectivity index (χ0) is 14.1. The fraction of sp³-hybridized carbons (Fsp3) is 0. The summed E-state index contributed by atoms with van der Waals surface area (Å²) in [5, 5.41) is 20.2. The number of hydrogen-bond acceptors (Lipinski definition) is 3. The van der Waals surface area contributed by atoms with E-state index in [1.54, 1.807) is 0 Å². The molecule has 0 rings (SSSR count). The predicted octanol–water partition coefficient (Wildman–Crippen LogP) is 3.58. The molecule has 0 heterocycles. The van der Waals surface area contributed by atoms with Crippen LogP contribution >= 0.6 is 19.8 Å². The summed E-state index contributed by atoms with van der Waals surface area (Å²) in [7, 11) is 6.75. The molecule has 0 fully saturated rings. The Kier molecular flexibility index (Phi) is 1130. The topological polar surface area (TPSA) is 60.7 Å². The Bertz CT molecular complexity index is 65.7. The van der Waals surface area contributed by atoms with Crippen LogP contribution in [0.4, 0.5) is 0 Å². The Morgan fingerprint density at radius 3 is 0.526 bits per heavy atom. The zero-order valence-electron chi connectivity index (χ0n) is 12.0. The molecule has 0 amide bonds. The first kappa shape index (κ1) is 70.0. The van der Waals surface area contributed by atoms with Gasteiger partial charge in [0, 0.05) is 0 Å². The maximum atomic E-state index is 6.75. The summed E-state index contributed by atoms with van der Waals surface area (Å²) in [5.41, 5.74) is 0. The summed E-state index contributed by atoms with van der Waals surface area (Å²) >= 11 is 0. The molecule has 0 aromatic heterocycles. The van der Waals surface area contributed by atoms with Crippen molar-refractivity contribution in [1.82, 2.24) is 0 Å². The molecule has 0 aliphatic carbocycles. The minimum atomic E-state index is 0. The van der Waals surface area contributed by atoms with Gasteiger partial charge in [-0.25, -0.2) is 80.1 Å². The molecule has 0 aliphatic rings. The third kappa shape index (κ3) is 1980. The summed E-state index contributed by atoms with van der Waals surface area (Å²) in [6, 6.07) is 0. The Morgan fingerprint density at radius 1 is 0.526 bits per heavy atom. The monoisotopic (exact) mass is 462 g/mol. The van der Waals surface area contributed by atoms with Crippen molar-refractivity contribution in [1.29, 1.82) is 0 Å². The average molecular weight is 462 g/mol. The van der Waals surface area contributed by atoms with Gasteiger partial charge >= 0.3 is 65.4 Å². The van der Waals surface area contributed by atoms with E-state index in [1.165, 1.54) is 18.2 Å². The molecule has 0 spiro atoms. The van der Waals surface area contributed by atoms with E-state index in [2.05, 4.69) is 61.8 Å². The number of aliphatic hydroxyl groups is 3. The molecule has 0 saturated heterocycles. The van der Waals surface area contributed by atoms with Gasteiger partial charge < -0.3 is 15.3 Å². The van der Waals surface area contributed by atoms with Crippen molar-refractivity contribution in [3.8, 4) is 0 Å². The third-order valence-electron chi connectivity index (χ3n) is 0. The summed E-state index contributed by atoms with van der Waals surface area (Å²) in [4.78, 5) is 0. The molecule has 3 N–H and O–H groups in total. The van der Waals surface area contributed by atoms with Gasteiger partial charge in [0.25, 0.3) is 0 Å². The number of hydrogen-bond donors (Lipinski definition) is 3. The minimum absolute atomic E-state index is 0. The molecule has 3 nitrogen and oxygen atoms in total. The van der Waals surface area contributed by atoms with Crippen molar-refractivity contribution in [2.45, 2.75) is 0 Å². The smallest absolute Gasteiger partial charge is 0.569 e. The molecular formula is C12H30O3P2Y2. The van der Waals surface area contributed by atoms with Crippen LogP contribution in [0.15, 0.2) is 38.0 Å². The minimum Gasteiger partial charge on any atom is -0.569 e. The van der Waals surface area contributed by atoms with E-state index in [-0.39, 0.29) is 85.2 Å². The fourth-order valence-corrected chi connectivity index (χ4v) is 0. The molecule has 0 aromatic carbocycles. The van der Waals surface area contributed by atoms with Gasteiger partial charge in [0.2, 0.25) is 0 Å². The first-order valence-corrected chi connectivity index (χ1v) is 3.40. The standard InChI is InChI=1S/3C3H5.3CH3O.2H3P.2Y/c3*1-3-2;3*1-2;;;;/h3*3H,1-2H2;3*2H,1H2;2*1H3;;/q6*-1;;;2*+3. The Morgan fingerprint density at radius 2 is 0.526 bits per heavy atom.